The first-order valence-electron chi connectivity index (χ1n) is 11.5. The molecule has 0 saturated heterocycles. The van der Waals surface area contributed by atoms with E-state index in [0.29, 0.717) is 27.8 Å². The van der Waals surface area contributed by atoms with Crippen molar-refractivity contribution in [2.45, 2.75) is 26.8 Å². The van der Waals surface area contributed by atoms with Crippen molar-refractivity contribution >= 4 is 34.4 Å². The van der Waals surface area contributed by atoms with Crippen LogP contribution in [0, 0.1) is 11.7 Å². The quantitative estimate of drug-likeness (QED) is 0.327. The van der Waals surface area contributed by atoms with E-state index in [1.54, 1.807) is 56.0 Å². The third-order valence-electron chi connectivity index (χ3n) is 5.90. The van der Waals surface area contributed by atoms with Gasteiger partial charge in [-0.2, -0.15) is 4.98 Å². The standard InChI is InChI=1S/C26H24FN7O2/c1-14(2)24(35)32-26-31-22-11-17(7-8-34(22)33-26)18-10-20-21(13-29-23(20)28-12-18)25(36)30-15(3)16-5-4-6-19(27)9-16/h4-15H,1-3H3,(H,28,29)(H,30,36)(H,32,33,35). The van der Waals surface area contributed by atoms with Crippen LogP contribution in [0.3, 0.4) is 0 Å². The minimum absolute atomic E-state index is 0.161. The lowest BCUT2D eigenvalue weighted by atomic mass is 10.1. The van der Waals surface area contributed by atoms with E-state index in [4.69, 9.17) is 0 Å². The van der Waals surface area contributed by atoms with Gasteiger partial charge in [0.1, 0.15) is 11.5 Å². The minimum atomic E-state index is -0.380. The van der Waals surface area contributed by atoms with Crippen LogP contribution in [0.15, 0.2) is 61.1 Å². The lowest BCUT2D eigenvalue weighted by Gasteiger charge is -2.14. The molecule has 0 saturated carbocycles. The summed E-state index contributed by atoms with van der Waals surface area (Å²) in [4.78, 5) is 36.9. The van der Waals surface area contributed by atoms with Crippen molar-refractivity contribution in [2.24, 2.45) is 5.92 Å². The fourth-order valence-electron chi connectivity index (χ4n) is 3.85. The molecule has 1 atom stereocenters. The highest BCUT2D eigenvalue weighted by molar-refractivity contribution is 6.06. The zero-order chi connectivity index (χ0) is 25.4. The molecule has 0 aliphatic rings. The predicted octanol–water partition coefficient (Wildman–Crippen LogP) is 4.50. The lowest BCUT2D eigenvalue weighted by Crippen LogP contribution is -2.26. The first kappa shape index (κ1) is 23.2. The molecule has 182 valence electrons. The molecule has 0 spiro atoms. The number of aromatic amines is 1. The van der Waals surface area contributed by atoms with E-state index in [9.17, 15) is 14.0 Å². The van der Waals surface area contributed by atoms with Gasteiger partial charge in [-0.15, -0.1) is 5.10 Å². The molecule has 0 bridgehead atoms. The number of pyridine rings is 2. The number of aromatic nitrogens is 5. The van der Waals surface area contributed by atoms with Crippen LogP contribution in [0.25, 0.3) is 27.8 Å². The van der Waals surface area contributed by atoms with Gasteiger partial charge in [-0.1, -0.05) is 26.0 Å². The Hall–Kier alpha value is -4.60. The van der Waals surface area contributed by atoms with Crippen molar-refractivity contribution in [3.8, 4) is 11.1 Å². The largest absolute Gasteiger partial charge is 0.345 e. The van der Waals surface area contributed by atoms with Gasteiger partial charge < -0.3 is 10.3 Å². The molecular weight excluding hydrogens is 461 g/mol. The zero-order valence-corrected chi connectivity index (χ0v) is 19.9. The van der Waals surface area contributed by atoms with Crippen molar-refractivity contribution in [1.82, 2.24) is 29.9 Å². The summed E-state index contributed by atoms with van der Waals surface area (Å²) in [5.41, 5.74) is 3.85. The van der Waals surface area contributed by atoms with E-state index in [2.05, 4.69) is 30.7 Å². The number of hydrogen-bond acceptors (Lipinski definition) is 5. The normalized spacial score (nSPS) is 12.2. The van der Waals surface area contributed by atoms with Crippen LogP contribution in [0.1, 0.15) is 42.7 Å². The SMILES string of the molecule is CC(C)C(=O)Nc1nc2cc(-c3cnc4[nH]cc(C(=O)NC(C)c5cccc(F)c5)c4c3)ccn2n1. The average molecular weight is 486 g/mol. The Morgan fingerprint density at radius 2 is 1.92 bits per heavy atom. The van der Waals surface area contributed by atoms with E-state index in [1.807, 2.05) is 18.2 Å². The first-order chi connectivity index (χ1) is 17.3. The third-order valence-corrected chi connectivity index (χ3v) is 5.90. The Morgan fingerprint density at radius 3 is 2.69 bits per heavy atom. The van der Waals surface area contributed by atoms with Crippen LogP contribution in [0.4, 0.5) is 10.3 Å². The number of carbonyl (C=O) groups excluding carboxylic acids is 2. The summed E-state index contributed by atoms with van der Waals surface area (Å²) in [5.74, 6) is -0.763. The van der Waals surface area contributed by atoms with Crippen LogP contribution in [-0.4, -0.2) is 36.4 Å². The summed E-state index contributed by atoms with van der Waals surface area (Å²) in [6.07, 6.45) is 5.07. The molecule has 10 heteroatoms. The van der Waals surface area contributed by atoms with Crippen molar-refractivity contribution in [1.29, 1.82) is 0 Å². The molecule has 1 aromatic carbocycles. The molecule has 4 heterocycles. The number of rotatable bonds is 6. The molecule has 5 rings (SSSR count). The highest BCUT2D eigenvalue weighted by Crippen LogP contribution is 2.26. The summed E-state index contributed by atoms with van der Waals surface area (Å²) in [7, 11) is 0. The van der Waals surface area contributed by atoms with Gasteiger partial charge in [0.15, 0.2) is 5.65 Å². The second-order valence-electron chi connectivity index (χ2n) is 8.87. The fraction of sp³-hybridized carbons (Fsp3) is 0.192. The molecule has 5 aromatic rings. The Balaban J connectivity index is 1.42. The molecule has 0 aliphatic heterocycles. The smallest absolute Gasteiger partial charge is 0.253 e. The Bertz CT molecular complexity index is 1600. The van der Waals surface area contributed by atoms with E-state index in [-0.39, 0.29) is 35.5 Å². The Morgan fingerprint density at radius 1 is 1.08 bits per heavy atom. The second kappa shape index (κ2) is 9.21. The number of hydrogen-bond donors (Lipinski definition) is 3. The van der Waals surface area contributed by atoms with Crippen molar-refractivity contribution in [3.05, 3.63) is 78.0 Å². The number of H-pyrrole nitrogens is 1. The maximum atomic E-state index is 13.6. The molecule has 1 unspecified atom stereocenters. The van der Waals surface area contributed by atoms with Crippen molar-refractivity contribution in [2.75, 3.05) is 5.32 Å². The average Bonchev–Trinajstić information content (AvgIpc) is 3.46. The molecule has 9 nitrogen and oxygen atoms in total. The summed E-state index contributed by atoms with van der Waals surface area (Å²) in [5, 5.41) is 10.6. The van der Waals surface area contributed by atoms with Gasteiger partial charge in [0, 0.05) is 35.5 Å². The van der Waals surface area contributed by atoms with Crippen molar-refractivity contribution < 1.29 is 14.0 Å². The van der Waals surface area contributed by atoms with Gasteiger partial charge >= 0.3 is 0 Å². The molecule has 4 aromatic heterocycles. The summed E-state index contributed by atoms with van der Waals surface area (Å²) in [6, 6.07) is 11.3. The molecule has 0 fully saturated rings. The van der Waals surface area contributed by atoms with Gasteiger partial charge in [-0.3, -0.25) is 14.9 Å². The second-order valence-corrected chi connectivity index (χ2v) is 8.87. The fourth-order valence-corrected chi connectivity index (χ4v) is 3.85. The Kier molecular flexibility index (Phi) is 5.93. The van der Waals surface area contributed by atoms with E-state index < -0.39 is 0 Å². The number of carbonyl (C=O) groups is 2. The van der Waals surface area contributed by atoms with Gasteiger partial charge in [-0.25, -0.2) is 13.9 Å². The number of anilines is 1. The van der Waals surface area contributed by atoms with Gasteiger partial charge in [0.05, 0.1) is 11.6 Å². The number of nitrogens with one attached hydrogen (secondary N) is 3. The number of nitrogens with zero attached hydrogens (tertiary/aromatic N) is 4. The molecule has 36 heavy (non-hydrogen) atoms. The van der Waals surface area contributed by atoms with E-state index in [0.717, 1.165) is 11.1 Å². The minimum Gasteiger partial charge on any atom is -0.345 e. The molecular formula is C26H24FN7O2. The summed E-state index contributed by atoms with van der Waals surface area (Å²) >= 11 is 0. The maximum Gasteiger partial charge on any atom is 0.253 e. The van der Waals surface area contributed by atoms with Gasteiger partial charge in [-0.05, 0) is 48.4 Å². The third kappa shape index (κ3) is 4.52. The number of halogens is 1. The van der Waals surface area contributed by atoms with E-state index in [1.165, 1.54) is 12.1 Å². The maximum absolute atomic E-state index is 13.6. The summed E-state index contributed by atoms with van der Waals surface area (Å²) in [6.45, 7) is 5.39. The first-order valence-corrected chi connectivity index (χ1v) is 11.5. The highest BCUT2D eigenvalue weighted by atomic mass is 19.1. The molecule has 2 amide bonds. The van der Waals surface area contributed by atoms with Crippen LogP contribution >= 0.6 is 0 Å². The zero-order valence-electron chi connectivity index (χ0n) is 19.9. The molecule has 3 N–H and O–H groups in total. The predicted molar refractivity (Wildman–Crippen MR) is 134 cm³/mol. The summed E-state index contributed by atoms with van der Waals surface area (Å²) < 4.78 is 15.2. The van der Waals surface area contributed by atoms with Crippen LogP contribution in [-0.2, 0) is 4.79 Å². The highest BCUT2D eigenvalue weighted by Gasteiger charge is 2.17. The lowest BCUT2D eigenvalue weighted by molar-refractivity contribution is -0.118. The van der Waals surface area contributed by atoms with Gasteiger partial charge in [0.25, 0.3) is 5.91 Å². The topological polar surface area (TPSA) is 117 Å². The van der Waals surface area contributed by atoms with Gasteiger partial charge in [0.2, 0.25) is 11.9 Å². The van der Waals surface area contributed by atoms with Crippen LogP contribution < -0.4 is 10.6 Å². The molecule has 0 radical (unpaired) electrons. The van der Waals surface area contributed by atoms with E-state index >= 15 is 0 Å². The van der Waals surface area contributed by atoms with Crippen molar-refractivity contribution in [3.63, 3.8) is 0 Å². The Labute approximate surface area is 205 Å². The number of amides is 2. The number of benzene rings is 1. The van der Waals surface area contributed by atoms with Crippen LogP contribution in [0.2, 0.25) is 0 Å². The van der Waals surface area contributed by atoms with Crippen LogP contribution in [0.5, 0.6) is 0 Å². The molecule has 0 aliphatic carbocycles. The monoisotopic (exact) mass is 485 g/mol. The number of fused-ring (bicyclic) bond motifs is 2.